The van der Waals surface area contributed by atoms with Gasteiger partial charge in [0.2, 0.25) is 9.84 Å². The van der Waals surface area contributed by atoms with Crippen molar-refractivity contribution in [2.75, 3.05) is 13.1 Å². The van der Waals surface area contributed by atoms with Gasteiger partial charge in [0, 0.05) is 36.6 Å². The molecule has 0 fully saturated rings. The second kappa shape index (κ2) is 7.66. The van der Waals surface area contributed by atoms with Crippen molar-refractivity contribution >= 4 is 33.1 Å². The van der Waals surface area contributed by atoms with Crippen molar-refractivity contribution in [2.24, 2.45) is 7.05 Å². The lowest BCUT2D eigenvalue weighted by Gasteiger charge is -2.09. The molecule has 0 saturated carbocycles. The number of hydrogen-bond donors (Lipinski definition) is 1. The van der Waals surface area contributed by atoms with Crippen LogP contribution in [0.4, 0.5) is 13.2 Å². The summed E-state index contributed by atoms with van der Waals surface area (Å²) in [6, 6.07) is 8.56. The topological polar surface area (TPSA) is 51.1 Å². The van der Waals surface area contributed by atoms with Crippen LogP contribution in [0.1, 0.15) is 16.8 Å². The molecule has 2 aromatic carbocycles. The molecule has 0 amide bonds. The Labute approximate surface area is 173 Å². The Morgan fingerprint density at radius 2 is 1.59 bits per heavy atom. The van der Waals surface area contributed by atoms with Gasteiger partial charge in [-0.3, -0.25) is 0 Å². The van der Waals surface area contributed by atoms with E-state index in [1.54, 1.807) is 12.1 Å². The van der Waals surface area contributed by atoms with Crippen molar-refractivity contribution < 1.29 is 21.6 Å². The molecule has 0 aliphatic carbocycles. The summed E-state index contributed by atoms with van der Waals surface area (Å²) in [7, 11) is -1.94. The number of alkyl halides is 3. The van der Waals surface area contributed by atoms with Crippen LogP contribution in [-0.4, -0.2) is 26.1 Å². The van der Waals surface area contributed by atoms with Crippen LogP contribution in [0.5, 0.6) is 0 Å². The molecule has 1 aliphatic heterocycles. The molecule has 0 bridgehead atoms. The van der Waals surface area contributed by atoms with Gasteiger partial charge in [-0.25, -0.2) is 8.42 Å². The molecule has 9 heteroatoms. The zero-order valence-electron chi connectivity index (χ0n) is 15.6. The molecular weight excluding hydrogens is 425 g/mol. The first kappa shape index (κ1) is 21.7. The lowest BCUT2D eigenvalue weighted by atomic mass is 10.1. The van der Waals surface area contributed by atoms with E-state index in [1.807, 2.05) is 7.05 Å². The van der Waals surface area contributed by atoms with Crippen molar-refractivity contribution in [3.63, 3.8) is 0 Å². The van der Waals surface area contributed by atoms with Crippen molar-refractivity contribution in [3.05, 3.63) is 59.3 Å². The first-order chi connectivity index (χ1) is 13.2. The number of aryl methyl sites for hydroxylation is 1. The minimum absolute atomic E-state index is 0. The van der Waals surface area contributed by atoms with Crippen molar-refractivity contribution in [3.8, 4) is 0 Å². The Balaban J connectivity index is 0.00000240. The van der Waals surface area contributed by atoms with Crippen LogP contribution < -0.4 is 5.32 Å². The number of nitrogens with zero attached hydrogens (tertiary/aromatic N) is 1. The van der Waals surface area contributed by atoms with Gasteiger partial charge in [0.15, 0.2) is 0 Å². The number of halogens is 4. The second-order valence-corrected chi connectivity index (χ2v) is 8.89. The van der Waals surface area contributed by atoms with E-state index in [9.17, 15) is 21.6 Å². The summed E-state index contributed by atoms with van der Waals surface area (Å²) < 4.78 is 66.3. The molecule has 29 heavy (non-hydrogen) atoms. The summed E-state index contributed by atoms with van der Waals surface area (Å²) in [5.41, 5.74) is 2.40. The van der Waals surface area contributed by atoms with Crippen LogP contribution in [-0.2, 0) is 35.9 Å². The van der Waals surface area contributed by atoms with Crippen molar-refractivity contribution in [1.82, 2.24) is 9.88 Å². The zero-order chi connectivity index (χ0) is 20.1. The Morgan fingerprint density at radius 1 is 0.966 bits per heavy atom. The summed E-state index contributed by atoms with van der Waals surface area (Å²) in [6.45, 7) is 1.69. The number of nitrogens with one attached hydrogen (secondary N) is 1. The molecular formula is C20H20ClF3N2O2S. The molecule has 0 atom stereocenters. The van der Waals surface area contributed by atoms with E-state index < -0.39 is 21.6 Å². The molecule has 2 heterocycles. The molecule has 156 valence electrons. The van der Waals surface area contributed by atoms with E-state index in [2.05, 4.69) is 9.88 Å². The maximum absolute atomic E-state index is 13.0. The Bertz CT molecular complexity index is 1150. The zero-order valence-corrected chi connectivity index (χ0v) is 17.2. The first-order valence-corrected chi connectivity index (χ1v) is 10.4. The van der Waals surface area contributed by atoms with Gasteiger partial charge < -0.3 is 9.88 Å². The largest absolute Gasteiger partial charge is 0.416 e. The van der Waals surface area contributed by atoms with Crippen LogP contribution >= 0.6 is 12.4 Å². The fourth-order valence-corrected chi connectivity index (χ4v) is 5.11. The van der Waals surface area contributed by atoms with E-state index in [0.717, 1.165) is 66.7 Å². The van der Waals surface area contributed by atoms with Gasteiger partial charge in [0.1, 0.15) is 0 Å². The first-order valence-electron chi connectivity index (χ1n) is 8.93. The van der Waals surface area contributed by atoms with Gasteiger partial charge in [-0.2, -0.15) is 13.2 Å². The molecule has 1 N–H and O–H groups in total. The molecule has 0 spiro atoms. The van der Waals surface area contributed by atoms with Gasteiger partial charge in [-0.15, -0.1) is 12.4 Å². The number of rotatable bonds is 2. The summed E-state index contributed by atoms with van der Waals surface area (Å²) >= 11 is 0. The quantitative estimate of drug-likeness (QED) is 0.646. The van der Waals surface area contributed by atoms with Gasteiger partial charge >= 0.3 is 6.18 Å². The van der Waals surface area contributed by atoms with Gasteiger partial charge in [0.25, 0.3) is 0 Å². The monoisotopic (exact) mass is 444 g/mol. The highest BCUT2D eigenvalue weighted by Gasteiger charge is 2.31. The van der Waals surface area contributed by atoms with Gasteiger partial charge in [0.05, 0.1) is 15.4 Å². The Hall–Kier alpha value is -2.03. The number of fused-ring (bicyclic) bond motifs is 3. The number of aromatic nitrogens is 1. The number of benzene rings is 2. The SMILES string of the molecule is Cl.Cn1c2c(c3cc(S(=O)(=O)c4ccc(C(F)(F)F)cc4)ccc31)CCNCC2. The van der Waals surface area contributed by atoms with E-state index in [0.29, 0.717) is 0 Å². The number of sulfone groups is 1. The maximum atomic E-state index is 13.0. The lowest BCUT2D eigenvalue weighted by Crippen LogP contribution is -2.17. The smallest absolute Gasteiger partial charge is 0.347 e. The molecule has 4 rings (SSSR count). The standard InChI is InChI=1S/C20H19F3N2O2S.ClH/c1-25-18-7-6-15(12-17(18)16-8-10-24-11-9-19(16)25)28(26,27)14-4-2-13(3-5-14)20(21,22)23;/h2-7,12,24H,8-11H2,1H3;1H. The van der Waals surface area contributed by atoms with Crippen molar-refractivity contribution in [2.45, 2.75) is 28.8 Å². The second-order valence-electron chi connectivity index (χ2n) is 6.94. The van der Waals surface area contributed by atoms with E-state index in [4.69, 9.17) is 0 Å². The van der Waals surface area contributed by atoms with Crippen LogP contribution in [0.25, 0.3) is 10.9 Å². The predicted octanol–water partition coefficient (Wildman–Crippen LogP) is 4.14. The molecule has 3 aromatic rings. The average molecular weight is 445 g/mol. The van der Waals surface area contributed by atoms with Crippen LogP contribution in [0.3, 0.4) is 0 Å². The lowest BCUT2D eigenvalue weighted by molar-refractivity contribution is -0.137. The van der Waals surface area contributed by atoms with Crippen LogP contribution in [0.2, 0.25) is 0 Å². The molecule has 0 radical (unpaired) electrons. The molecule has 0 unspecified atom stereocenters. The normalized spacial score (nSPS) is 14.9. The summed E-state index contributed by atoms with van der Waals surface area (Å²) in [5, 5.41) is 4.22. The highest BCUT2D eigenvalue weighted by molar-refractivity contribution is 7.91. The van der Waals surface area contributed by atoms with Crippen LogP contribution in [0.15, 0.2) is 52.3 Å². The third-order valence-corrected chi connectivity index (χ3v) is 7.07. The minimum Gasteiger partial charge on any atom is -0.347 e. The van der Waals surface area contributed by atoms with Gasteiger partial charge in [-0.05, 0) is 61.0 Å². The third-order valence-electron chi connectivity index (χ3n) is 5.30. The highest BCUT2D eigenvalue weighted by Crippen LogP contribution is 2.33. The van der Waals surface area contributed by atoms with E-state index in [-0.39, 0.29) is 22.2 Å². The summed E-state index contributed by atoms with van der Waals surface area (Å²) in [4.78, 5) is -0.0612. The molecule has 1 aliphatic rings. The molecule has 1 aromatic heterocycles. The van der Waals surface area contributed by atoms with Gasteiger partial charge in [-0.1, -0.05) is 0 Å². The fourth-order valence-electron chi connectivity index (χ4n) is 3.82. The third kappa shape index (κ3) is 3.76. The Morgan fingerprint density at radius 3 is 2.24 bits per heavy atom. The predicted molar refractivity (Wildman–Crippen MR) is 107 cm³/mol. The summed E-state index contributed by atoms with van der Waals surface area (Å²) in [6.07, 6.45) is -2.84. The minimum atomic E-state index is -4.50. The average Bonchev–Trinajstić information content (AvgIpc) is 2.82. The summed E-state index contributed by atoms with van der Waals surface area (Å²) in [5.74, 6) is 0. The fraction of sp³-hybridized carbons (Fsp3) is 0.300. The maximum Gasteiger partial charge on any atom is 0.416 e. The Kier molecular flexibility index (Phi) is 5.73. The van der Waals surface area contributed by atoms with Crippen LogP contribution in [0, 0.1) is 0 Å². The molecule has 0 saturated heterocycles. The highest BCUT2D eigenvalue weighted by atomic mass is 35.5. The number of hydrogen-bond acceptors (Lipinski definition) is 3. The van der Waals surface area contributed by atoms with E-state index >= 15 is 0 Å². The van der Waals surface area contributed by atoms with E-state index in [1.165, 1.54) is 11.8 Å². The molecule has 4 nitrogen and oxygen atoms in total. The van der Waals surface area contributed by atoms with Crippen molar-refractivity contribution in [1.29, 1.82) is 0 Å².